The highest BCUT2D eigenvalue weighted by Crippen LogP contribution is 2.31. The minimum Gasteiger partial charge on any atom is -0.495 e. The highest BCUT2D eigenvalue weighted by atomic mass is 16.5. The molecule has 0 unspecified atom stereocenters. The fraction of sp³-hybridized carbons (Fsp3) is 0.348. The number of aromatic amines is 1. The van der Waals surface area contributed by atoms with Gasteiger partial charge in [-0.15, -0.1) is 0 Å². The summed E-state index contributed by atoms with van der Waals surface area (Å²) in [6.07, 6.45) is 0. The van der Waals surface area contributed by atoms with Gasteiger partial charge in [-0.2, -0.15) is 0 Å². The van der Waals surface area contributed by atoms with Crippen molar-refractivity contribution in [1.29, 1.82) is 0 Å². The number of para-hydroxylation sites is 2. The zero-order valence-electron chi connectivity index (χ0n) is 18.4. The van der Waals surface area contributed by atoms with Crippen LogP contribution in [0.4, 0.5) is 5.69 Å². The van der Waals surface area contributed by atoms with E-state index in [1.54, 1.807) is 7.11 Å². The number of benzene rings is 2. The van der Waals surface area contributed by atoms with Crippen molar-refractivity contribution in [3.63, 3.8) is 0 Å². The van der Waals surface area contributed by atoms with E-state index in [0.29, 0.717) is 12.1 Å². The number of nitrogens with zero attached hydrogens (tertiary/aromatic N) is 3. The number of methoxy groups -OCH3 is 2. The number of rotatable bonds is 6. The van der Waals surface area contributed by atoms with Crippen LogP contribution in [0.25, 0.3) is 22.1 Å². The van der Waals surface area contributed by atoms with Crippen molar-refractivity contribution in [2.75, 3.05) is 51.8 Å². The van der Waals surface area contributed by atoms with Gasteiger partial charge in [0.15, 0.2) is 11.2 Å². The number of carbonyl (C=O) groups excluding carboxylic acids is 1. The van der Waals surface area contributed by atoms with Gasteiger partial charge in [-0.25, -0.2) is 9.59 Å². The van der Waals surface area contributed by atoms with E-state index in [4.69, 9.17) is 13.9 Å². The summed E-state index contributed by atoms with van der Waals surface area (Å²) >= 11 is 0. The van der Waals surface area contributed by atoms with Crippen molar-refractivity contribution in [2.45, 2.75) is 6.54 Å². The highest BCUT2D eigenvalue weighted by molar-refractivity contribution is 6.13. The van der Waals surface area contributed by atoms with E-state index >= 15 is 0 Å². The van der Waals surface area contributed by atoms with Gasteiger partial charge in [0.1, 0.15) is 22.2 Å². The molecule has 0 atom stereocenters. The lowest BCUT2D eigenvalue weighted by Crippen LogP contribution is -2.48. The zero-order chi connectivity index (χ0) is 23.1. The summed E-state index contributed by atoms with van der Waals surface area (Å²) in [6.45, 7) is 4.00. The van der Waals surface area contributed by atoms with E-state index < -0.39 is 17.2 Å². The molecule has 10 heteroatoms. The molecule has 0 radical (unpaired) electrons. The van der Waals surface area contributed by atoms with Gasteiger partial charge in [0.05, 0.1) is 19.9 Å². The molecule has 4 heterocycles. The Hall–Kier alpha value is -3.79. The maximum Gasteiger partial charge on any atom is 0.341 e. The summed E-state index contributed by atoms with van der Waals surface area (Å²) < 4.78 is 17.0. The van der Waals surface area contributed by atoms with Gasteiger partial charge in [0.2, 0.25) is 0 Å². The SMILES string of the molecule is COC(=O)c1cc2oc1c1c(=O)n(CCN3CCN(c4ccccc4OC)CC3)c(=O)[nH]c21. The first-order chi connectivity index (χ1) is 16.0. The minimum absolute atomic E-state index is 0.146. The summed E-state index contributed by atoms with van der Waals surface area (Å²) in [5, 5.41) is 0.202. The first kappa shape index (κ1) is 21.1. The molecule has 0 saturated carbocycles. The molecule has 1 N–H and O–H groups in total. The van der Waals surface area contributed by atoms with E-state index in [2.05, 4.69) is 14.8 Å². The minimum atomic E-state index is -0.587. The van der Waals surface area contributed by atoms with Crippen LogP contribution in [0.15, 0.2) is 44.3 Å². The summed E-state index contributed by atoms with van der Waals surface area (Å²) in [5.74, 6) is 0.255. The molecule has 4 aromatic rings. The Balaban J connectivity index is 1.32. The predicted molar refractivity (Wildman–Crippen MR) is 123 cm³/mol. The molecule has 5 rings (SSSR count). The summed E-state index contributed by atoms with van der Waals surface area (Å²) in [7, 11) is 2.93. The van der Waals surface area contributed by atoms with Crippen LogP contribution in [-0.4, -0.2) is 67.4 Å². The van der Waals surface area contributed by atoms with Crippen LogP contribution in [0.3, 0.4) is 0 Å². The van der Waals surface area contributed by atoms with Crippen LogP contribution >= 0.6 is 0 Å². The maximum absolute atomic E-state index is 13.1. The Morgan fingerprint density at radius 1 is 1.09 bits per heavy atom. The summed E-state index contributed by atoms with van der Waals surface area (Å²) in [4.78, 5) is 44.9. The van der Waals surface area contributed by atoms with E-state index in [-0.39, 0.29) is 28.7 Å². The van der Waals surface area contributed by atoms with Crippen molar-refractivity contribution in [3.05, 3.63) is 56.7 Å². The van der Waals surface area contributed by atoms with Gasteiger partial charge in [-0.1, -0.05) is 12.1 Å². The number of furan rings is 2. The lowest BCUT2D eigenvalue weighted by atomic mass is 10.1. The molecule has 1 aliphatic rings. The molecular weight excluding hydrogens is 428 g/mol. The Morgan fingerprint density at radius 2 is 1.85 bits per heavy atom. The number of hydrogen-bond acceptors (Lipinski definition) is 8. The van der Waals surface area contributed by atoms with Crippen LogP contribution in [-0.2, 0) is 11.3 Å². The van der Waals surface area contributed by atoms with Crippen molar-refractivity contribution >= 4 is 33.7 Å². The quantitative estimate of drug-likeness (QED) is 0.438. The second kappa shape index (κ2) is 8.28. The number of esters is 1. The van der Waals surface area contributed by atoms with Crippen LogP contribution in [0.1, 0.15) is 10.4 Å². The largest absolute Gasteiger partial charge is 0.495 e. The van der Waals surface area contributed by atoms with Crippen LogP contribution < -0.4 is 20.9 Å². The average molecular weight is 452 g/mol. The molecule has 1 fully saturated rings. The van der Waals surface area contributed by atoms with E-state index in [1.807, 2.05) is 24.3 Å². The van der Waals surface area contributed by atoms with E-state index in [1.165, 1.54) is 13.2 Å². The van der Waals surface area contributed by atoms with Crippen LogP contribution in [0.2, 0.25) is 0 Å². The Bertz CT molecular complexity index is 1430. The monoisotopic (exact) mass is 452 g/mol. The van der Waals surface area contributed by atoms with E-state index in [0.717, 1.165) is 42.2 Å². The van der Waals surface area contributed by atoms with Gasteiger partial charge < -0.3 is 23.8 Å². The molecule has 172 valence electrons. The Kier molecular flexibility index (Phi) is 5.29. The molecule has 0 aliphatic carbocycles. The van der Waals surface area contributed by atoms with Crippen molar-refractivity contribution in [2.24, 2.45) is 0 Å². The van der Waals surface area contributed by atoms with Crippen LogP contribution in [0, 0.1) is 0 Å². The topological polar surface area (TPSA) is 110 Å². The molecule has 2 bridgehead atoms. The molecule has 33 heavy (non-hydrogen) atoms. The first-order valence-corrected chi connectivity index (χ1v) is 10.7. The number of H-pyrrole nitrogens is 1. The number of hydrogen-bond donors (Lipinski definition) is 1. The second-order valence-corrected chi connectivity index (χ2v) is 7.98. The van der Waals surface area contributed by atoms with Gasteiger partial charge in [0.25, 0.3) is 5.56 Å². The molecule has 10 nitrogen and oxygen atoms in total. The highest BCUT2D eigenvalue weighted by Gasteiger charge is 2.25. The maximum atomic E-state index is 13.1. The molecule has 0 amide bonds. The lowest BCUT2D eigenvalue weighted by molar-refractivity contribution is 0.0603. The number of piperazine rings is 1. The molecule has 3 aromatic heterocycles. The van der Waals surface area contributed by atoms with Crippen LogP contribution in [0.5, 0.6) is 5.75 Å². The fourth-order valence-electron chi connectivity index (χ4n) is 4.48. The third-order valence-electron chi connectivity index (χ3n) is 6.23. The molecule has 1 saturated heterocycles. The fourth-order valence-corrected chi connectivity index (χ4v) is 4.48. The predicted octanol–water partition coefficient (Wildman–Crippen LogP) is 1.49. The van der Waals surface area contributed by atoms with Gasteiger partial charge in [0, 0.05) is 45.3 Å². The number of aromatic nitrogens is 2. The molecule has 1 aromatic carbocycles. The zero-order valence-corrected chi connectivity index (χ0v) is 18.4. The summed E-state index contributed by atoms with van der Waals surface area (Å²) in [5.41, 5.74) is 1.02. The van der Waals surface area contributed by atoms with E-state index in [9.17, 15) is 14.4 Å². The lowest BCUT2D eigenvalue weighted by Gasteiger charge is -2.36. The number of fused-ring (bicyclic) bond motifs is 5. The third-order valence-corrected chi connectivity index (χ3v) is 6.23. The van der Waals surface area contributed by atoms with Crippen molar-refractivity contribution in [3.8, 4) is 5.75 Å². The number of nitrogens with one attached hydrogen (secondary N) is 1. The smallest absolute Gasteiger partial charge is 0.341 e. The third kappa shape index (κ3) is 3.52. The number of carbonyl (C=O) groups is 1. The van der Waals surface area contributed by atoms with Gasteiger partial charge in [-0.05, 0) is 12.1 Å². The summed E-state index contributed by atoms with van der Waals surface area (Å²) in [6, 6.07) is 9.40. The molecule has 1 aliphatic heterocycles. The molecular formula is C23H24N4O6. The Labute approximate surface area is 188 Å². The van der Waals surface area contributed by atoms with Crippen molar-refractivity contribution in [1.82, 2.24) is 14.5 Å². The standard InChI is InChI=1S/C23H24N4O6/c1-31-16-6-4-3-5-15(16)26-10-7-25(8-11-26)9-12-27-21(28)18-19(24-23(27)30)17-13-14(20(18)33-17)22(29)32-2/h3-6,13H,7-12H2,1-2H3,(H,24,30). The van der Waals surface area contributed by atoms with Gasteiger partial charge >= 0.3 is 11.7 Å². The number of anilines is 1. The second-order valence-electron chi connectivity index (χ2n) is 7.98. The van der Waals surface area contributed by atoms with Crippen molar-refractivity contribution < 1.29 is 18.7 Å². The number of ether oxygens (including phenoxy) is 2. The molecule has 0 spiro atoms. The van der Waals surface area contributed by atoms with Gasteiger partial charge in [-0.3, -0.25) is 14.3 Å². The average Bonchev–Trinajstić information content (AvgIpc) is 3.43. The Morgan fingerprint density at radius 3 is 2.58 bits per heavy atom. The normalized spacial score (nSPS) is 14.9. The first-order valence-electron chi connectivity index (χ1n) is 10.7.